The minimum Gasteiger partial charge on any atom is -0.465 e. The van der Waals surface area contributed by atoms with E-state index in [-0.39, 0.29) is 30.8 Å². The van der Waals surface area contributed by atoms with E-state index >= 15 is 0 Å². The molecule has 26 heavy (non-hydrogen) atoms. The molecule has 1 saturated carbocycles. The van der Waals surface area contributed by atoms with E-state index in [9.17, 15) is 15.0 Å². The lowest BCUT2D eigenvalue weighted by Gasteiger charge is -2.31. The molecule has 2 atom stereocenters. The molecule has 1 aromatic rings. The van der Waals surface area contributed by atoms with Crippen molar-refractivity contribution < 1.29 is 24.5 Å². The van der Waals surface area contributed by atoms with Gasteiger partial charge in [-0.1, -0.05) is 30.3 Å². The van der Waals surface area contributed by atoms with Gasteiger partial charge in [0, 0.05) is 19.1 Å². The molecule has 1 aromatic carbocycles. The fraction of sp³-hybridized carbons (Fsp3) is 0.650. The number of ether oxygens (including phenoxy) is 2. The molecule has 0 aromatic heterocycles. The summed E-state index contributed by atoms with van der Waals surface area (Å²) in [5.74, 6) is -0.0170. The Morgan fingerprint density at radius 2 is 1.69 bits per heavy atom. The maximum Gasteiger partial charge on any atom is 0.407 e. The molecule has 1 aliphatic heterocycles. The van der Waals surface area contributed by atoms with Crippen molar-refractivity contribution in [2.45, 2.75) is 57.0 Å². The summed E-state index contributed by atoms with van der Waals surface area (Å²) in [5.41, 5.74) is 1.19. The second kappa shape index (κ2) is 9.35. The first-order chi connectivity index (χ1) is 12.7. The Kier molecular flexibility index (Phi) is 6.88. The van der Waals surface area contributed by atoms with Gasteiger partial charge in [-0.05, 0) is 37.7 Å². The lowest BCUT2D eigenvalue weighted by atomic mass is 9.94. The first-order valence-corrected chi connectivity index (χ1v) is 9.55. The smallest absolute Gasteiger partial charge is 0.407 e. The molecule has 2 N–H and O–H groups in total. The van der Waals surface area contributed by atoms with Gasteiger partial charge in [0.15, 0.2) is 0 Å². The first kappa shape index (κ1) is 19.1. The van der Waals surface area contributed by atoms with Crippen LogP contribution in [0.1, 0.15) is 37.7 Å². The monoisotopic (exact) mass is 363 g/mol. The molecular weight excluding hydrogens is 334 g/mol. The Morgan fingerprint density at radius 3 is 2.31 bits per heavy atom. The molecule has 1 saturated heterocycles. The molecule has 1 amide bonds. The minimum atomic E-state index is -0.924. The van der Waals surface area contributed by atoms with Gasteiger partial charge < -0.3 is 24.6 Å². The van der Waals surface area contributed by atoms with Crippen LogP contribution in [-0.2, 0) is 16.1 Å². The molecule has 0 bridgehead atoms. The van der Waals surface area contributed by atoms with E-state index in [2.05, 4.69) is 12.1 Å². The maximum atomic E-state index is 11.3. The lowest BCUT2D eigenvalue weighted by Crippen LogP contribution is -2.42. The van der Waals surface area contributed by atoms with Gasteiger partial charge in [0.2, 0.25) is 0 Å². The number of hydrogen-bond acceptors (Lipinski definition) is 4. The number of nitrogens with zero attached hydrogens (tertiary/aromatic N) is 1. The van der Waals surface area contributed by atoms with E-state index in [0.29, 0.717) is 26.2 Å². The van der Waals surface area contributed by atoms with Crippen LogP contribution in [0.2, 0.25) is 0 Å². The average Bonchev–Trinajstić information content (AvgIpc) is 3.09. The number of amides is 1. The van der Waals surface area contributed by atoms with Crippen molar-refractivity contribution in [2.75, 3.05) is 19.8 Å². The van der Waals surface area contributed by atoms with Crippen molar-refractivity contribution >= 4 is 6.09 Å². The maximum absolute atomic E-state index is 11.3. The van der Waals surface area contributed by atoms with Gasteiger partial charge in [0.05, 0.1) is 31.5 Å². The summed E-state index contributed by atoms with van der Waals surface area (Å²) in [6.45, 7) is 1.51. The van der Waals surface area contributed by atoms with E-state index < -0.39 is 6.09 Å². The molecule has 3 rings (SSSR count). The van der Waals surface area contributed by atoms with E-state index in [1.807, 2.05) is 18.2 Å². The minimum absolute atomic E-state index is 0.0118. The van der Waals surface area contributed by atoms with Crippen molar-refractivity contribution in [1.29, 1.82) is 0 Å². The van der Waals surface area contributed by atoms with Crippen LogP contribution in [0.4, 0.5) is 4.79 Å². The summed E-state index contributed by atoms with van der Waals surface area (Å²) in [4.78, 5) is 12.7. The summed E-state index contributed by atoms with van der Waals surface area (Å²) in [6, 6.07) is 9.96. The van der Waals surface area contributed by atoms with Gasteiger partial charge in [0.25, 0.3) is 0 Å². The summed E-state index contributed by atoms with van der Waals surface area (Å²) in [5, 5.41) is 18.8. The number of aliphatic hydroxyl groups excluding tert-OH is 1. The van der Waals surface area contributed by atoms with E-state index in [1.165, 1.54) is 10.5 Å². The average molecular weight is 363 g/mol. The third-order valence-corrected chi connectivity index (χ3v) is 5.62. The summed E-state index contributed by atoms with van der Waals surface area (Å²) >= 11 is 0. The highest BCUT2D eigenvalue weighted by atomic mass is 16.5. The molecular formula is C20H29NO5. The van der Waals surface area contributed by atoms with Gasteiger partial charge >= 0.3 is 6.09 Å². The molecule has 2 unspecified atom stereocenters. The second-order valence-corrected chi connectivity index (χ2v) is 7.30. The third kappa shape index (κ3) is 4.96. The normalized spacial score (nSPS) is 29.0. The van der Waals surface area contributed by atoms with E-state index in [1.54, 1.807) is 0 Å². The highest BCUT2D eigenvalue weighted by Crippen LogP contribution is 2.28. The molecule has 0 spiro atoms. The Labute approximate surface area is 154 Å². The molecule has 6 heteroatoms. The van der Waals surface area contributed by atoms with Crippen LogP contribution in [0.25, 0.3) is 0 Å². The van der Waals surface area contributed by atoms with Gasteiger partial charge in [-0.3, -0.25) is 0 Å². The van der Waals surface area contributed by atoms with Crippen LogP contribution in [0.15, 0.2) is 30.3 Å². The quantitative estimate of drug-likeness (QED) is 0.779. The van der Waals surface area contributed by atoms with Crippen molar-refractivity contribution in [3.63, 3.8) is 0 Å². The summed E-state index contributed by atoms with van der Waals surface area (Å²) in [6.07, 6.45) is 4.00. The van der Waals surface area contributed by atoms with E-state index in [0.717, 1.165) is 25.7 Å². The summed E-state index contributed by atoms with van der Waals surface area (Å²) < 4.78 is 12.0. The first-order valence-electron chi connectivity index (χ1n) is 9.55. The van der Waals surface area contributed by atoms with Crippen LogP contribution in [-0.4, -0.2) is 59.2 Å². The van der Waals surface area contributed by atoms with Gasteiger partial charge in [-0.15, -0.1) is 0 Å². The standard InChI is InChI=1S/C20H29NO5/c22-12-16-10-11-21(20(23)24)19(16)14-26-18-8-6-17(7-9-18)25-13-15-4-2-1-3-5-15/h1-5,16-19,22H,6-14H2,(H,23,24). The summed E-state index contributed by atoms with van der Waals surface area (Å²) in [7, 11) is 0. The molecule has 1 heterocycles. The topological polar surface area (TPSA) is 79.2 Å². The number of likely N-dealkylation sites (tertiary alicyclic amines) is 1. The van der Waals surface area contributed by atoms with Crippen LogP contribution in [0, 0.1) is 5.92 Å². The van der Waals surface area contributed by atoms with Crippen LogP contribution < -0.4 is 0 Å². The Morgan fingerprint density at radius 1 is 1.04 bits per heavy atom. The van der Waals surface area contributed by atoms with Gasteiger partial charge in [-0.2, -0.15) is 0 Å². The molecule has 6 nitrogen and oxygen atoms in total. The number of hydrogen-bond donors (Lipinski definition) is 2. The van der Waals surface area contributed by atoms with E-state index in [4.69, 9.17) is 9.47 Å². The largest absolute Gasteiger partial charge is 0.465 e. The molecule has 2 fully saturated rings. The van der Waals surface area contributed by atoms with Crippen LogP contribution in [0.5, 0.6) is 0 Å². The Hall–Kier alpha value is -1.63. The van der Waals surface area contributed by atoms with Crippen molar-refractivity contribution in [3.8, 4) is 0 Å². The fourth-order valence-electron chi connectivity index (χ4n) is 3.98. The van der Waals surface area contributed by atoms with Crippen molar-refractivity contribution in [1.82, 2.24) is 4.90 Å². The fourth-order valence-corrected chi connectivity index (χ4v) is 3.98. The van der Waals surface area contributed by atoms with Gasteiger partial charge in [0.1, 0.15) is 0 Å². The zero-order chi connectivity index (χ0) is 18.4. The predicted molar refractivity (Wildman–Crippen MR) is 96.9 cm³/mol. The van der Waals surface area contributed by atoms with Crippen LogP contribution in [0.3, 0.4) is 0 Å². The number of carboxylic acid groups (broad SMARTS) is 1. The zero-order valence-electron chi connectivity index (χ0n) is 15.1. The number of rotatable bonds is 7. The highest BCUT2D eigenvalue weighted by molar-refractivity contribution is 5.65. The molecule has 1 aliphatic carbocycles. The Balaban J connectivity index is 1.39. The predicted octanol–water partition coefficient (Wildman–Crippen LogP) is 2.89. The molecule has 0 radical (unpaired) electrons. The number of benzene rings is 1. The zero-order valence-corrected chi connectivity index (χ0v) is 15.1. The molecule has 2 aliphatic rings. The number of carbonyl (C=O) groups is 1. The van der Waals surface area contributed by atoms with Crippen LogP contribution >= 0.6 is 0 Å². The number of aliphatic hydroxyl groups is 1. The van der Waals surface area contributed by atoms with Crippen molar-refractivity contribution in [3.05, 3.63) is 35.9 Å². The van der Waals surface area contributed by atoms with Crippen molar-refractivity contribution in [2.24, 2.45) is 5.92 Å². The molecule has 144 valence electrons. The van der Waals surface area contributed by atoms with Gasteiger partial charge in [-0.25, -0.2) is 4.79 Å². The third-order valence-electron chi connectivity index (χ3n) is 5.62. The second-order valence-electron chi connectivity index (χ2n) is 7.30. The lowest BCUT2D eigenvalue weighted by molar-refractivity contribution is -0.0503. The Bertz CT molecular complexity index is 559. The highest BCUT2D eigenvalue weighted by Gasteiger charge is 2.37. The SMILES string of the molecule is O=C(O)N1CCC(CO)C1COC1CCC(OCc2ccccc2)CC1.